The van der Waals surface area contributed by atoms with Crippen molar-refractivity contribution in [3.05, 3.63) is 0 Å². The minimum atomic E-state index is 0.347. The predicted octanol–water partition coefficient (Wildman–Crippen LogP) is 1.09. The van der Waals surface area contributed by atoms with Crippen molar-refractivity contribution in [3.63, 3.8) is 0 Å². The van der Waals surface area contributed by atoms with Crippen molar-refractivity contribution in [3.8, 4) is 0 Å². The molecule has 1 aliphatic carbocycles. The first-order valence-corrected chi connectivity index (χ1v) is 7.07. The number of hydrogen-bond acceptors (Lipinski definition) is 3. The first-order valence-electron chi connectivity index (χ1n) is 5.92. The number of rotatable bonds is 4. The number of carbonyl (C=O) groups excluding carboxylic acids is 1. The summed E-state index contributed by atoms with van der Waals surface area (Å²) >= 11 is 1.96. The highest BCUT2D eigenvalue weighted by atomic mass is 32.2. The fourth-order valence-corrected chi connectivity index (χ4v) is 3.05. The first kappa shape index (κ1) is 11.3. The highest BCUT2D eigenvalue weighted by Crippen LogP contribution is 2.27. The van der Waals surface area contributed by atoms with E-state index >= 15 is 0 Å². The van der Waals surface area contributed by atoms with Crippen molar-refractivity contribution < 1.29 is 4.79 Å². The Labute approximate surface area is 96.0 Å². The number of amides is 1. The highest BCUT2D eigenvalue weighted by molar-refractivity contribution is 7.99. The van der Waals surface area contributed by atoms with Gasteiger partial charge in [-0.15, -0.1) is 0 Å². The van der Waals surface area contributed by atoms with Gasteiger partial charge in [0.05, 0.1) is 0 Å². The number of nitrogens with zero attached hydrogens (tertiary/aromatic N) is 1. The van der Waals surface area contributed by atoms with Crippen molar-refractivity contribution in [1.29, 1.82) is 0 Å². The van der Waals surface area contributed by atoms with E-state index in [4.69, 9.17) is 0 Å². The fourth-order valence-electron chi connectivity index (χ4n) is 2.10. The predicted molar refractivity (Wildman–Crippen MR) is 64.1 cm³/mol. The SMILES string of the molecule is CCN(C(=O)CC1CSCCN1)C1CC1. The lowest BCUT2D eigenvalue weighted by Crippen LogP contribution is -2.43. The minimum absolute atomic E-state index is 0.347. The summed E-state index contributed by atoms with van der Waals surface area (Å²) in [4.78, 5) is 14.1. The van der Waals surface area contributed by atoms with Gasteiger partial charge in [-0.2, -0.15) is 11.8 Å². The van der Waals surface area contributed by atoms with Gasteiger partial charge in [-0.05, 0) is 19.8 Å². The molecule has 86 valence electrons. The van der Waals surface area contributed by atoms with Crippen molar-refractivity contribution in [1.82, 2.24) is 10.2 Å². The summed E-state index contributed by atoms with van der Waals surface area (Å²) in [5.74, 6) is 2.62. The van der Waals surface area contributed by atoms with Crippen LogP contribution in [0.2, 0.25) is 0 Å². The average Bonchev–Trinajstić information content (AvgIpc) is 3.04. The minimum Gasteiger partial charge on any atom is -0.340 e. The maximum Gasteiger partial charge on any atom is 0.224 e. The summed E-state index contributed by atoms with van der Waals surface area (Å²) in [7, 11) is 0. The zero-order valence-electron chi connectivity index (χ0n) is 9.37. The summed E-state index contributed by atoms with van der Waals surface area (Å²) in [6.45, 7) is 4.01. The van der Waals surface area contributed by atoms with E-state index in [-0.39, 0.29) is 0 Å². The molecule has 4 heteroatoms. The Morgan fingerprint density at radius 3 is 2.87 bits per heavy atom. The Kier molecular flexibility index (Phi) is 3.92. The molecule has 0 aromatic carbocycles. The van der Waals surface area contributed by atoms with Crippen LogP contribution in [0.25, 0.3) is 0 Å². The third-order valence-electron chi connectivity index (χ3n) is 3.07. The van der Waals surface area contributed by atoms with E-state index in [1.54, 1.807) is 0 Å². The first-order chi connectivity index (χ1) is 7.31. The molecular formula is C11H20N2OS. The van der Waals surface area contributed by atoms with Gasteiger partial charge < -0.3 is 10.2 Å². The molecule has 1 saturated heterocycles. The highest BCUT2D eigenvalue weighted by Gasteiger charge is 2.32. The molecule has 2 rings (SSSR count). The molecular weight excluding hydrogens is 208 g/mol. The summed E-state index contributed by atoms with van der Waals surface area (Å²) < 4.78 is 0. The van der Waals surface area contributed by atoms with Gasteiger partial charge in [0, 0.05) is 43.1 Å². The molecule has 1 heterocycles. The molecule has 2 fully saturated rings. The lowest BCUT2D eigenvalue weighted by molar-refractivity contribution is -0.132. The summed E-state index contributed by atoms with van der Waals surface area (Å²) in [5, 5.41) is 3.42. The van der Waals surface area contributed by atoms with Gasteiger partial charge >= 0.3 is 0 Å². The molecule has 0 aromatic rings. The standard InChI is InChI=1S/C11H20N2OS/c1-2-13(10-3-4-10)11(14)7-9-8-15-6-5-12-9/h9-10,12H,2-8H2,1H3. The van der Waals surface area contributed by atoms with E-state index in [0.717, 1.165) is 18.8 Å². The molecule has 1 unspecified atom stereocenters. The van der Waals surface area contributed by atoms with Crippen LogP contribution in [0.5, 0.6) is 0 Å². The second-order valence-corrected chi connectivity index (χ2v) is 5.49. The Morgan fingerprint density at radius 1 is 1.53 bits per heavy atom. The van der Waals surface area contributed by atoms with Crippen LogP contribution < -0.4 is 5.32 Å². The largest absolute Gasteiger partial charge is 0.340 e. The number of hydrogen-bond donors (Lipinski definition) is 1. The summed E-state index contributed by atoms with van der Waals surface area (Å²) in [5.41, 5.74) is 0. The Morgan fingerprint density at radius 2 is 2.33 bits per heavy atom. The number of thioether (sulfide) groups is 1. The topological polar surface area (TPSA) is 32.3 Å². The molecule has 15 heavy (non-hydrogen) atoms. The van der Waals surface area contributed by atoms with Crippen LogP contribution in [0.3, 0.4) is 0 Å². The zero-order chi connectivity index (χ0) is 10.7. The molecule has 1 N–H and O–H groups in total. The maximum atomic E-state index is 12.0. The zero-order valence-corrected chi connectivity index (χ0v) is 10.2. The molecule has 0 spiro atoms. The van der Waals surface area contributed by atoms with E-state index in [1.165, 1.54) is 18.6 Å². The molecule has 0 aromatic heterocycles. The van der Waals surface area contributed by atoms with E-state index in [9.17, 15) is 4.79 Å². The number of nitrogens with one attached hydrogen (secondary N) is 1. The van der Waals surface area contributed by atoms with Gasteiger partial charge in [-0.25, -0.2) is 0 Å². The van der Waals surface area contributed by atoms with Crippen LogP contribution in [-0.4, -0.2) is 47.5 Å². The molecule has 1 amide bonds. The second kappa shape index (κ2) is 5.21. The van der Waals surface area contributed by atoms with Gasteiger partial charge in [-0.3, -0.25) is 4.79 Å². The monoisotopic (exact) mass is 228 g/mol. The summed E-state index contributed by atoms with van der Waals surface area (Å²) in [6, 6.07) is 0.975. The molecule has 1 atom stereocenters. The Hall–Kier alpha value is -0.220. The molecule has 3 nitrogen and oxygen atoms in total. The van der Waals surface area contributed by atoms with Crippen molar-refractivity contribution in [2.75, 3.05) is 24.6 Å². The van der Waals surface area contributed by atoms with Crippen molar-refractivity contribution in [2.24, 2.45) is 0 Å². The molecule has 1 saturated carbocycles. The molecule has 2 aliphatic rings. The van der Waals surface area contributed by atoms with Gasteiger partial charge in [-0.1, -0.05) is 0 Å². The van der Waals surface area contributed by atoms with E-state index < -0.39 is 0 Å². The average molecular weight is 228 g/mol. The molecule has 1 aliphatic heterocycles. The smallest absolute Gasteiger partial charge is 0.224 e. The third-order valence-corrected chi connectivity index (χ3v) is 4.20. The van der Waals surface area contributed by atoms with Crippen LogP contribution in [0.4, 0.5) is 0 Å². The Bertz CT molecular complexity index is 225. The number of carbonyl (C=O) groups is 1. The van der Waals surface area contributed by atoms with E-state index in [1.807, 2.05) is 11.8 Å². The van der Waals surface area contributed by atoms with Gasteiger partial charge in [0.15, 0.2) is 0 Å². The lowest BCUT2D eigenvalue weighted by Gasteiger charge is -2.26. The third kappa shape index (κ3) is 3.11. The quantitative estimate of drug-likeness (QED) is 0.782. The van der Waals surface area contributed by atoms with E-state index in [0.29, 0.717) is 24.4 Å². The van der Waals surface area contributed by atoms with Crippen LogP contribution >= 0.6 is 11.8 Å². The fraction of sp³-hybridized carbons (Fsp3) is 0.909. The van der Waals surface area contributed by atoms with Gasteiger partial charge in [0.25, 0.3) is 0 Å². The Balaban J connectivity index is 1.78. The maximum absolute atomic E-state index is 12.0. The summed E-state index contributed by atoms with van der Waals surface area (Å²) in [6.07, 6.45) is 3.12. The van der Waals surface area contributed by atoms with E-state index in [2.05, 4.69) is 17.1 Å². The lowest BCUT2D eigenvalue weighted by atomic mass is 10.2. The normalized spacial score (nSPS) is 26.3. The van der Waals surface area contributed by atoms with Gasteiger partial charge in [0.2, 0.25) is 5.91 Å². The molecule has 0 bridgehead atoms. The van der Waals surface area contributed by atoms with Crippen LogP contribution in [0.1, 0.15) is 26.2 Å². The van der Waals surface area contributed by atoms with Crippen LogP contribution in [-0.2, 0) is 4.79 Å². The second-order valence-electron chi connectivity index (χ2n) is 4.34. The molecule has 0 radical (unpaired) electrons. The van der Waals surface area contributed by atoms with Crippen molar-refractivity contribution >= 4 is 17.7 Å². The van der Waals surface area contributed by atoms with Crippen LogP contribution in [0, 0.1) is 0 Å². The van der Waals surface area contributed by atoms with Crippen molar-refractivity contribution in [2.45, 2.75) is 38.3 Å². The van der Waals surface area contributed by atoms with Crippen LogP contribution in [0.15, 0.2) is 0 Å². The van der Waals surface area contributed by atoms with Gasteiger partial charge in [0.1, 0.15) is 0 Å².